The van der Waals surface area contributed by atoms with Gasteiger partial charge in [-0.3, -0.25) is 10.2 Å². The number of carbonyl (C=O) groups is 1. The number of hydrazine groups is 1. The Morgan fingerprint density at radius 3 is 2.27 bits per heavy atom. The number of amides is 1. The number of unbranched alkanes of at least 4 members (excludes halogenated alkanes) is 6. The molecule has 1 aliphatic rings. The number of benzene rings is 2. The van der Waals surface area contributed by atoms with Crippen LogP contribution in [0.25, 0.3) is 10.8 Å². The Morgan fingerprint density at radius 1 is 1.00 bits per heavy atom. The molecule has 0 saturated carbocycles. The number of nitrogens with zero attached hydrogens (tertiary/aromatic N) is 1. The summed E-state index contributed by atoms with van der Waals surface area (Å²) in [6, 6.07) is 8.27. The second-order valence-corrected chi connectivity index (χ2v) is 9.58. The first-order valence-electron chi connectivity index (χ1n) is 11.9. The number of hydrogen-bond donors (Lipinski definition) is 1. The summed E-state index contributed by atoms with van der Waals surface area (Å²) in [4.78, 5) is 11.8. The largest absolute Gasteiger partial charge is 0.494 e. The van der Waals surface area contributed by atoms with Gasteiger partial charge in [-0.05, 0) is 54.8 Å². The van der Waals surface area contributed by atoms with Crippen LogP contribution in [-0.2, 0) is 4.79 Å². The third kappa shape index (κ3) is 6.62. The van der Waals surface area contributed by atoms with Gasteiger partial charge >= 0.3 is 6.18 Å². The molecule has 4 nitrogen and oxygen atoms in total. The highest BCUT2D eigenvalue weighted by atomic mass is 19.4. The third-order valence-corrected chi connectivity index (χ3v) is 6.23. The summed E-state index contributed by atoms with van der Waals surface area (Å²) < 4.78 is 48.1. The standard InChI is InChI=1S/C26H35F3N2O2/c1-4-5-6-7-8-9-10-15-33-22-14-13-19-16-21(12-11-20(19)17-22)24(26(27,28)29)31-25(2,3)18-23(32)30-31/h11-14,16-17,24H,4-10,15,18H2,1-3H3,(H,30,32)/t24-/m0/s1. The highest BCUT2D eigenvalue weighted by Crippen LogP contribution is 2.43. The van der Waals surface area contributed by atoms with Crippen molar-refractivity contribution in [2.24, 2.45) is 0 Å². The molecular formula is C26H35F3N2O2. The SMILES string of the molecule is CCCCCCCCCOc1ccc2cc([C@H](N3NC(=O)CC3(C)C)C(F)(F)F)ccc2c1. The molecule has 0 bridgehead atoms. The minimum absolute atomic E-state index is 0.0204. The minimum atomic E-state index is -4.54. The van der Waals surface area contributed by atoms with Crippen molar-refractivity contribution in [1.82, 2.24) is 10.4 Å². The van der Waals surface area contributed by atoms with Gasteiger partial charge in [0.2, 0.25) is 5.91 Å². The molecule has 1 amide bonds. The lowest BCUT2D eigenvalue weighted by Gasteiger charge is -2.38. The lowest BCUT2D eigenvalue weighted by Crippen LogP contribution is -2.51. The van der Waals surface area contributed by atoms with Gasteiger partial charge in [0.05, 0.1) is 6.61 Å². The van der Waals surface area contributed by atoms with E-state index in [0.717, 1.165) is 29.0 Å². The van der Waals surface area contributed by atoms with Crippen LogP contribution in [0.5, 0.6) is 5.75 Å². The maximum atomic E-state index is 14.1. The summed E-state index contributed by atoms with van der Waals surface area (Å²) >= 11 is 0. The van der Waals surface area contributed by atoms with E-state index in [4.69, 9.17) is 4.74 Å². The first-order chi connectivity index (χ1) is 15.6. The lowest BCUT2D eigenvalue weighted by atomic mass is 9.95. The lowest BCUT2D eigenvalue weighted by molar-refractivity contribution is -0.203. The second kappa shape index (κ2) is 10.8. The fourth-order valence-corrected chi connectivity index (χ4v) is 4.45. The van der Waals surface area contributed by atoms with E-state index in [9.17, 15) is 18.0 Å². The van der Waals surface area contributed by atoms with Crippen molar-refractivity contribution in [3.63, 3.8) is 0 Å². The average molecular weight is 465 g/mol. The quantitative estimate of drug-likeness (QED) is 0.361. The number of ether oxygens (including phenoxy) is 1. The molecule has 1 fully saturated rings. The van der Waals surface area contributed by atoms with Crippen LogP contribution in [0.4, 0.5) is 13.2 Å². The van der Waals surface area contributed by atoms with Crippen molar-refractivity contribution in [3.05, 3.63) is 42.0 Å². The van der Waals surface area contributed by atoms with Crippen LogP contribution in [-0.4, -0.2) is 29.2 Å². The molecule has 1 saturated heterocycles. The topological polar surface area (TPSA) is 41.6 Å². The first kappa shape index (κ1) is 25.3. The normalized spacial score (nSPS) is 17.3. The van der Waals surface area contributed by atoms with E-state index < -0.39 is 23.7 Å². The molecule has 182 valence electrons. The Balaban J connectivity index is 1.67. The molecule has 1 heterocycles. The average Bonchev–Trinajstić information content (AvgIpc) is 3.00. The molecular weight excluding hydrogens is 429 g/mol. The van der Waals surface area contributed by atoms with Crippen LogP contribution in [0.3, 0.4) is 0 Å². The monoisotopic (exact) mass is 464 g/mol. The van der Waals surface area contributed by atoms with E-state index in [2.05, 4.69) is 12.3 Å². The highest BCUT2D eigenvalue weighted by Gasteiger charge is 2.52. The highest BCUT2D eigenvalue weighted by molar-refractivity contribution is 5.85. The minimum Gasteiger partial charge on any atom is -0.494 e. The molecule has 1 aliphatic heterocycles. The Kier molecular flexibility index (Phi) is 8.27. The zero-order chi connectivity index (χ0) is 24.1. The molecule has 3 rings (SSSR count). The van der Waals surface area contributed by atoms with Gasteiger partial charge < -0.3 is 4.74 Å². The van der Waals surface area contributed by atoms with Gasteiger partial charge in [-0.1, -0.05) is 63.6 Å². The van der Waals surface area contributed by atoms with Crippen molar-refractivity contribution >= 4 is 16.7 Å². The Hall–Kier alpha value is -2.28. The molecule has 0 spiro atoms. The number of rotatable bonds is 11. The van der Waals surface area contributed by atoms with E-state index in [1.165, 1.54) is 38.2 Å². The van der Waals surface area contributed by atoms with Gasteiger partial charge in [-0.2, -0.15) is 18.2 Å². The molecule has 1 atom stereocenters. The Bertz CT molecular complexity index is 943. The van der Waals surface area contributed by atoms with E-state index >= 15 is 0 Å². The number of fused-ring (bicyclic) bond motifs is 1. The van der Waals surface area contributed by atoms with Gasteiger partial charge in [0, 0.05) is 12.0 Å². The summed E-state index contributed by atoms with van der Waals surface area (Å²) in [5.41, 5.74) is 1.56. The maximum absolute atomic E-state index is 14.1. The number of carbonyl (C=O) groups excluding carboxylic acids is 1. The van der Waals surface area contributed by atoms with Crippen LogP contribution >= 0.6 is 0 Å². The van der Waals surface area contributed by atoms with Gasteiger partial charge in [-0.15, -0.1) is 0 Å². The molecule has 0 radical (unpaired) electrons. The maximum Gasteiger partial charge on any atom is 0.409 e. The molecule has 0 aromatic heterocycles. The predicted molar refractivity (Wildman–Crippen MR) is 125 cm³/mol. The zero-order valence-electron chi connectivity index (χ0n) is 19.8. The van der Waals surface area contributed by atoms with E-state index in [0.29, 0.717) is 12.0 Å². The number of alkyl halides is 3. The summed E-state index contributed by atoms with van der Waals surface area (Å²) in [5.74, 6) is 0.319. The second-order valence-electron chi connectivity index (χ2n) is 9.58. The fourth-order valence-electron chi connectivity index (χ4n) is 4.45. The smallest absolute Gasteiger partial charge is 0.409 e. The van der Waals surface area contributed by atoms with Crippen LogP contribution in [0.2, 0.25) is 0 Å². The van der Waals surface area contributed by atoms with Crippen LogP contribution in [0.1, 0.15) is 83.7 Å². The van der Waals surface area contributed by atoms with Crippen molar-refractivity contribution in [3.8, 4) is 5.75 Å². The van der Waals surface area contributed by atoms with Crippen molar-refractivity contribution in [2.75, 3.05) is 6.61 Å². The van der Waals surface area contributed by atoms with Crippen LogP contribution in [0, 0.1) is 0 Å². The number of nitrogens with one attached hydrogen (secondary N) is 1. The van der Waals surface area contributed by atoms with Crippen molar-refractivity contribution in [2.45, 2.75) is 89.9 Å². The molecule has 7 heteroatoms. The number of hydrogen-bond acceptors (Lipinski definition) is 3. The van der Waals surface area contributed by atoms with E-state index in [1.807, 2.05) is 6.07 Å². The first-order valence-corrected chi connectivity index (χ1v) is 11.9. The van der Waals surface area contributed by atoms with E-state index in [1.54, 1.807) is 38.1 Å². The summed E-state index contributed by atoms with van der Waals surface area (Å²) in [6.45, 7) is 6.12. The van der Waals surface area contributed by atoms with E-state index in [-0.39, 0.29) is 12.0 Å². The summed E-state index contributed by atoms with van der Waals surface area (Å²) in [6.07, 6.45) is 3.94. The van der Waals surface area contributed by atoms with Gasteiger partial charge in [0.1, 0.15) is 5.75 Å². The van der Waals surface area contributed by atoms with Crippen LogP contribution in [0.15, 0.2) is 36.4 Å². The van der Waals surface area contributed by atoms with Gasteiger partial charge in [-0.25, -0.2) is 0 Å². The third-order valence-electron chi connectivity index (χ3n) is 6.23. The summed E-state index contributed by atoms with van der Waals surface area (Å²) in [5, 5.41) is 2.56. The molecule has 0 aliphatic carbocycles. The molecule has 33 heavy (non-hydrogen) atoms. The molecule has 2 aromatic rings. The van der Waals surface area contributed by atoms with Gasteiger partial charge in [0.15, 0.2) is 6.04 Å². The Morgan fingerprint density at radius 2 is 1.64 bits per heavy atom. The molecule has 2 aromatic carbocycles. The van der Waals surface area contributed by atoms with Crippen molar-refractivity contribution < 1.29 is 22.7 Å². The van der Waals surface area contributed by atoms with Crippen LogP contribution < -0.4 is 10.2 Å². The van der Waals surface area contributed by atoms with Gasteiger partial charge in [0.25, 0.3) is 0 Å². The zero-order valence-corrected chi connectivity index (χ0v) is 19.8. The summed E-state index contributed by atoms with van der Waals surface area (Å²) in [7, 11) is 0. The number of halogens is 3. The van der Waals surface area contributed by atoms with Crippen molar-refractivity contribution in [1.29, 1.82) is 0 Å². The Labute approximate surface area is 194 Å². The molecule has 0 unspecified atom stereocenters. The fraction of sp³-hybridized carbons (Fsp3) is 0.577. The predicted octanol–water partition coefficient (Wildman–Crippen LogP) is 7.09. The molecule has 1 N–H and O–H groups in total.